The fourth-order valence-electron chi connectivity index (χ4n) is 3.24. The Labute approximate surface area is 134 Å². The highest BCUT2D eigenvalue weighted by molar-refractivity contribution is 5.87. The molecular formula is C17H20N2O4. The summed E-state index contributed by atoms with van der Waals surface area (Å²) in [7, 11) is 1.32. The Balaban J connectivity index is 1.78. The van der Waals surface area contributed by atoms with Gasteiger partial charge < -0.3 is 19.7 Å². The molecule has 3 rings (SSSR count). The molecule has 6 nitrogen and oxygen atoms in total. The van der Waals surface area contributed by atoms with Crippen molar-refractivity contribution in [1.29, 1.82) is 0 Å². The first kappa shape index (κ1) is 15.6. The molecule has 2 N–H and O–H groups in total. The van der Waals surface area contributed by atoms with E-state index >= 15 is 0 Å². The Bertz CT molecular complexity index is 724. The standard InChI is InChI=1S/C17H20N2O4/c1-23-17(22)12-7-16(21)19(9-12)13(10-20)6-11-8-18-15-5-3-2-4-14(11)15/h2-5,8,12-13,18,20H,6-7,9-10H2,1H3. The van der Waals surface area contributed by atoms with Crippen LogP contribution in [-0.2, 0) is 20.7 Å². The first-order valence-electron chi connectivity index (χ1n) is 7.67. The van der Waals surface area contributed by atoms with E-state index in [0.29, 0.717) is 13.0 Å². The van der Waals surface area contributed by atoms with E-state index < -0.39 is 5.92 Å². The lowest BCUT2D eigenvalue weighted by molar-refractivity contribution is -0.145. The number of methoxy groups -OCH3 is 1. The van der Waals surface area contributed by atoms with E-state index in [1.54, 1.807) is 4.90 Å². The smallest absolute Gasteiger partial charge is 0.310 e. The molecule has 6 heteroatoms. The molecule has 1 aromatic carbocycles. The summed E-state index contributed by atoms with van der Waals surface area (Å²) in [6.07, 6.45) is 2.60. The maximum Gasteiger partial charge on any atom is 0.310 e. The second kappa shape index (κ2) is 6.42. The number of fused-ring (bicyclic) bond motifs is 1. The summed E-state index contributed by atoms with van der Waals surface area (Å²) in [5, 5.41) is 10.8. The number of para-hydroxylation sites is 1. The number of aliphatic hydroxyl groups is 1. The third-order valence-electron chi connectivity index (χ3n) is 4.47. The Kier molecular flexibility index (Phi) is 4.34. The van der Waals surface area contributed by atoms with Crippen LogP contribution in [-0.4, -0.2) is 53.2 Å². The first-order chi connectivity index (χ1) is 11.1. The van der Waals surface area contributed by atoms with E-state index in [4.69, 9.17) is 4.74 Å². The van der Waals surface area contributed by atoms with Gasteiger partial charge in [-0.2, -0.15) is 0 Å². The number of H-pyrrole nitrogens is 1. The topological polar surface area (TPSA) is 82.6 Å². The van der Waals surface area contributed by atoms with Gasteiger partial charge in [-0.3, -0.25) is 9.59 Å². The predicted molar refractivity (Wildman–Crippen MR) is 84.7 cm³/mol. The van der Waals surface area contributed by atoms with Gasteiger partial charge in [0.15, 0.2) is 0 Å². The van der Waals surface area contributed by atoms with Crippen molar-refractivity contribution >= 4 is 22.8 Å². The van der Waals surface area contributed by atoms with E-state index in [9.17, 15) is 14.7 Å². The molecule has 23 heavy (non-hydrogen) atoms. The fraction of sp³-hybridized carbons (Fsp3) is 0.412. The van der Waals surface area contributed by atoms with Gasteiger partial charge in [0.05, 0.1) is 25.7 Å². The lowest BCUT2D eigenvalue weighted by atomic mass is 10.0. The highest BCUT2D eigenvalue weighted by atomic mass is 16.5. The van der Waals surface area contributed by atoms with Crippen LogP contribution in [0.1, 0.15) is 12.0 Å². The number of nitrogens with zero attached hydrogens (tertiary/aromatic N) is 1. The summed E-state index contributed by atoms with van der Waals surface area (Å²) < 4.78 is 4.72. The number of aromatic nitrogens is 1. The normalized spacial score (nSPS) is 19.3. The number of carbonyl (C=O) groups is 2. The predicted octanol–water partition coefficient (Wildman–Crippen LogP) is 1.09. The number of carbonyl (C=O) groups excluding carboxylic acids is 2. The average Bonchev–Trinajstić information content (AvgIpc) is 3.16. The second-order valence-electron chi connectivity index (χ2n) is 5.87. The zero-order valence-corrected chi connectivity index (χ0v) is 13.0. The van der Waals surface area contributed by atoms with Crippen LogP contribution in [0.2, 0.25) is 0 Å². The van der Waals surface area contributed by atoms with Crippen molar-refractivity contribution in [3.05, 3.63) is 36.0 Å². The van der Waals surface area contributed by atoms with Crippen LogP contribution >= 0.6 is 0 Å². The van der Waals surface area contributed by atoms with Crippen LogP contribution in [0.25, 0.3) is 10.9 Å². The van der Waals surface area contributed by atoms with Crippen LogP contribution in [0, 0.1) is 5.92 Å². The highest BCUT2D eigenvalue weighted by Crippen LogP contribution is 2.25. The van der Waals surface area contributed by atoms with Gasteiger partial charge in [-0.1, -0.05) is 18.2 Å². The highest BCUT2D eigenvalue weighted by Gasteiger charge is 2.38. The molecule has 0 bridgehead atoms. The number of benzene rings is 1. The molecule has 0 aliphatic carbocycles. The minimum absolute atomic E-state index is 0.112. The van der Waals surface area contributed by atoms with E-state index in [1.165, 1.54) is 7.11 Å². The van der Waals surface area contributed by atoms with Crippen LogP contribution < -0.4 is 0 Å². The molecule has 0 spiro atoms. The largest absolute Gasteiger partial charge is 0.469 e. The molecule has 1 amide bonds. The summed E-state index contributed by atoms with van der Waals surface area (Å²) in [6, 6.07) is 7.58. The van der Waals surface area contributed by atoms with Crippen molar-refractivity contribution in [2.75, 3.05) is 20.3 Å². The van der Waals surface area contributed by atoms with Gasteiger partial charge in [-0.25, -0.2) is 0 Å². The van der Waals surface area contributed by atoms with E-state index in [-0.39, 0.29) is 30.9 Å². The summed E-state index contributed by atoms with van der Waals surface area (Å²) in [4.78, 5) is 28.6. The molecule has 122 valence electrons. The van der Waals surface area contributed by atoms with E-state index in [1.807, 2.05) is 30.5 Å². The number of aliphatic hydroxyl groups excluding tert-OH is 1. The van der Waals surface area contributed by atoms with Gasteiger partial charge in [0, 0.05) is 30.1 Å². The monoisotopic (exact) mass is 316 g/mol. The molecule has 1 fully saturated rings. The van der Waals surface area contributed by atoms with Gasteiger partial charge >= 0.3 is 5.97 Å². The summed E-state index contributed by atoms with van der Waals surface area (Å²) in [5.41, 5.74) is 2.08. The van der Waals surface area contributed by atoms with Crippen molar-refractivity contribution in [3.8, 4) is 0 Å². The Morgan fingerprint density at radius 2 is 2.26 bits per heavy atom. The minimum Gasteiger partial charge on any atom is -0.469 e. The van der Waals surface area contributed by atoms with Crippen LogP contribution in [0.3, 0.4) is 0 Å². The number of hydrogen-bond donors (Lipinski definition) is 2. The molecule has 0 saturated carbocycles. The van der Waals surface area contributed by atoms with Crippen molar-refractivity contribution in [3.63, 3.8) is 0 Å². The molecule has 1 saturated heterocycles. The van der Waals surface area contributed by atoms with Gasteiger partial charge in [-0.15, -0.1) is 0 Å². The van der Waals surface area contributed by atoms with E-state index in [0.717, 1.165) is 16.5 Å². The number of likely N-dealkylation sites (tertiary alicyclic amines) is 1. The maximum absolute atomic E-state index is 12.2. The second-order valence-corrected chi connectivity index (χ2v) is 5.87. The van der Waals surface area contributed by atoms with Gasteiger partial charge in [0.2, 0.25) is 5.91 Å². The zero-order chi connectivity index (χ0) is 16.4. The Morgan fingerprint density at radius 1 is 1.48 bits per heavy atom. The minimum atomic E-state index is -0.440. The van der Waals surface area contributed by atoms with Crippen LogP contribution in [0.15, 0.2) is 30.5 Å². The van der Waals surface area contributed by atoms with Crippen LogP contribution in [0.4, 0.5) is 0 Å². The number of amides is 1. The molecule has 2 aromatic rings. The summed E-state index contributed by atoms with van der Waals surface area (Å²) >= 11 is 0. The maximum atomic E-state index is 12.2. The van der Waals surface area contributed by atoms with Gasteiger partial charge in [0.25, 0.3) is 0 Å². The van der Waals surface area contributed by atoms with Gasteiger partial charge in [0.1, 0.15) is 0 Å². The number of ether oxygens (including phenoxy) is 1. The molecule has 1 aliphatic heterocycles. The molecule has 1 aromatic heterocycles. The third-order valence-corrected chi connectivity index (χ3v) is 4.47. The van der Waals surface area contributed by atoms with Crippen LogP contribution in [0.5, 0.6) is 0 Å². The van der Waals surface area contributed by atoms with E-state index in [2.05, 4.69) is 4.98 Å². The molecule has 2 unspecified atom stereocenters. The summed E-state index contributed by atoms with van der Waals surface area (Å²) in [6.45, 7) is 0.165. The Morgan fingerprint density at radius 3 is 3.00 bits per heavy atom. The first-order valence-corrected chi connectivity index (χ1v) is 7.67. The number of aromatic amines is 1. The Hall–Kier alpha value is -2.34. The lowest BCUT2D eigenvalue weighted by Crippen LogP contribution is -2.41. The third kappa shape index (κ3) is 2.94. The van der Waals surface area contributed by atoms with Gasteiger partial charge in [-0.05, 0) is 18.1 Å². The number of rotatable bonds is 5. The number of hydrogen-bond acceptors (Lipinski definition) is 4. The van der Waals surface area contributed by atoms with Crippen molar-refractivity contribution in [1.82, 2.24) is 9.88 Å². The zero-order valence-electron chi connectivity index (χ0n) is 13.0. The molecule has 0 radical (unpaired) electrons. The summed E-state index contributed by atoms with van der Waals surface area (Å²) in [5.74, 6) is -0.923. The van der Waals surface area contributed by atoms with Crippen molar-refractivity contribution in [2.45, 2.75) is 18.9 Å². The average molecular weight is 316 g/mol. The van der Waals surface area contributed by atoms with Crippen molar-refractivity contribution < 1.29 is 19.4 Å². The molecule has 2 heterocycles. The quantitative estimate of drug-likeness (QED) is 0.809. The number of nitrogens with one attached hydrogen (secondary N) is 1. The fourth-order valence-corrected chi connectivity index (χ4v) is 3.24. The van der Waals surface area contributed by atoms with Crippen molar-refractivity contribution in [2.24, 2.45) is 5.92 Å². The molecule has 2 atom stereocenters. The number of esters is 1. The molecular weight excluding hydrogens is 296 g/mol. The molecule has 1 aliphatic rings. The lowest BCUT2D eigenvalue weighted by Gasteiger charge is -2.26. The SMILES string of the molecule is COC(=O)C1CC(=O)N(C(CO)Cc2c[nH]c3ccccc23)C1.